The zero-order valence-electron chi connectivity index (χ0n) is 15.3. The third-order valence-electron chi connectivity index (χ3n) is 4.04. The molecule has 0 N–H and O–H groups in total. The molecular formula is C19H24F3N3O. The van der Waals surface area contributed by atoms with Crippen molar-refractivity contribution >= 4 is 11.6 Å². The second-order valence-corrected chi connectivity index (χ2v) is 6.02. The third-order valence-corrected chi connectivity index (χ3v) is 4.04. The number of rotatable bonds is 8. The lowest BCUT2D eigenvalue weighted by molar-refractivity contribution is -0.139. The van der Waals surface area contributed by atoms with Crippen molar-refractivity contribution in [1.29, 1.82) is 0 Å². The smallest absolute Gasteiger partial charge is 0.423 e. The fraction of sp³-hybridized carbons (Fsp3) is 0.474. The van der Waals surface area contributed by atoms with Crippen LogP contribution < -0.4 is 9.64 Å². The molecule has 1 aromatic carbocycles. The van der Waals surface area contributed by atoms with Crippen LogP contribution in [0.4, 0.5) is 24.8 Å². The first-order valence-corrected chi connectivity index (χ1v) is 8.76. The second-order valence-electron chi connectivity index (χ2n) is 6.02. The van der Waals surface area contributed by atoms with E-state index in [2.05, 4.69) is 9.97 Å². The molecule has 1 heterocycles. The van der Waals surface area contributed by atoms with E-state index >= 15 is 0 Å². The van der Waals surface area contributed by atoms with Crippen LogP contribution in [0, 0.1) is 0 Å². The predicted octanol–water partition coefficient (Wildman–Crippen LogP) is 5.39. The molecule has 142 valence electrons. The van der Waals surface area contributed by atoms with Gasteiger partial charge in [-0.15, -0.1) is 0 Å². The Morgan fingerprint density at radius 3 is 2.58 bits per heavy atom. The van der Waals surface area contributed by atoms with E-state index in [1.54, 1.807) is 11.9 Å². The van der Waals surface area contributed by atoms with Crippen molar-refractivity contribution in [3.8, 4) is 5.88 Å². The fourth-order valence-corrected chi connectivity index (χ4v) is 2.44. The number of halogens is 3. The molecule has 0 aliphatic carbocycles. The van der Waals surface area contributed by atoms with Gasteiger partial charge in [-0.1, -0.05) is 38.8 Å². The van der Waals surface area contributed by atoms with Crippen molar-refractivity contribution in [3.63, 3.8) is 0 Å². The Morgan fingerprint density at radius 1 is 1.15 bits per heavy atom. The number of unbranched alkanes of at least 4 members (excludes halogenated alkanes) is 2. The lowest BCUT2D eigenvalue weighted by atomic mass is 10.1. The highest BCUT2D eigenvalue weighted by Crippen LogP contribution is 2.36. The molecule has 0 spiro atoms. The number of alkyl halides is 3. The highest BCUT2D eigenvalue weighted by molar-refractivity contribution is 5.58. The van der Waals surface area contributed by atoms with Gasteiger partial charge in [-0.25, -0.2) is 4.98 Å². The molecule has 0 aliphatic rings. The van der Waals surface area contributed by atoms with Crippen LogP contribution in [0.2, 0.25) is 0 Å². The average Bonchev–Trinajstić information content (AvgIpc) is 2.63. The number of hydrogen-bond acceptors (Lipinski definition) is 4. The summed E-state index contributed by atoms with van der Waals surface area (Å²) < 4.78 is 45.0. The molecule has 26 heavy (non-hydrogen) atoms. The first-order chi connectivity index (χ1) is 12.4. The molecule has 4 nitrogen and oxygen atoms in total. The maximum Gasteiger partial charge on any atom is 0.423 e. The van der Waals surface area contributed by atoms with Gasteiger partial charge in [0.2, 0.25) is 11.8 Å². The minimum Gasteiger partial charge on any atom is -0.477 e. The summed E-state index contributed by atoms with van der Waals surface area (Å²) in [5.74, 6) is -0.256. The molecule has 0 saturated heterocycles. The molecule has 0 bridgehead atoms. The Bertz CT molecular complexity index is 719. The zero-order chi connectivity index (χ0) is 19.2. The monoisotopic (exact) mass is 367 g/mol. The van der Waals surface area contributed by atoms with Gasteiger partial charge < -0.3 is 9.64 Å². The summed E-state index contributed by atoms with van der Waals surface area (Å²) in [5, 5.41) is 0. The number of benzene rings is 1. The summed E-state index contributed by atoms with van der Waals surface area (Å²) in [7, 11) is 1.72. The van der Waals surface area contributed by atoms with Crippen LogP contribution in [0.5, 0.6) is 5.88 Å². The molecule has 7 heteroatoms. The van der Waals surface area contributed by atoms with E-state index in [4.69, 9.17) is 4.74 Å². The van der Waals surface area contributed by atoms with Gasteiger partial charge in [0.05, 0.1) is 6.61 Å². The largest absolute Gasteiger partial charge is 0.477 e. The highest BCUT2D eigenvalue weighted by Gasteiger charge is 2.36. The first-order valence-electron chi connectivity index (χ1n) is 8.76. The van der Waals surface area contributed by atoms with Crippen LogP contribution in [-0.4, -0.2) is 23.6 Å². The van der Waals surface area contributed by atoms with Crippen molar-refractivity contribution < 1.29 is 17.9 Å². The van der Waals surface area contributed by atoms with Gasteiger partial charge in [0.1, 0.15) is 5.56 Å². The number of ether oxygens (including phenoxy) is 1. The Labute approximate surface area is 152 Å². The predicted molar refractivity (Wildman–Crippen MR) is 95.9 cm³/mol. The SMILES string of the molecule is CCCCCOc1nc(N(C)c2cccc(CC)c2)ncc1C(F)(F)F. The van der Waals surface area contributed by atoms with Crippen LogP contribution >= 0.6 is 0 Å². The van der Waals surface area contributed by atoms with Gasteiger partial charge in [0, 0.05) is 18.9 Å². The second kappa shape index (κ2) is 8.87. The Kier molecular flexibility index (Phi) is 6.83. The summed E-state index contributed by atoms with van der Waals surface area (Å²) in [6.45, 7) is 4.25. The lowest BCUT2D eigenvalue weighted by Gasteiger charge is -2.20. The van der Waals surface area contributed by atoms with E-state index in [1.807, 2.05) is 38.1 Å². The molecule has 2 rings (SSSR count). The number of hydrogen-bond donors (Lipinski definition) is 0. The number of aromatic nitrogens is 2. The van der Waals surface area contributed by atoms with E-state index in [9.17, 15) is 13.2 Å². The van der Waals surface area contributed by atoms with Crippen molar-refractivity contribution in [2.45, 2.75) is 45.7 Å². The van der Waals surface area contributed by atoms with Crippen molar-refractivity contribution in [2.24, 2.45) is 0 Å². The van der Waals surface area contributed by atoms with Crippen molar-refractivity contribution in [3.05, 3.63) is 41.6 Å². The van der Waals surface area contributed by atoms with E-state index in [1.165, 1.54) is 0 Å². The Morgan fingerprint density at radius 2 is 1.92 bits per heavy atom. The Hall–Kier alpha value is -2.31. The van der Waals surface area contributed by atoms with Gasteiger partial charge >= 0.3 is 6.18 Å². The van der Waals surface area contributed by atoms with Gasteiger partial charge in [-0.05, 0) is 30.5 Å². The summed E-state index contributed by atoms with van der Waals surface area (Å²) in [6, 6.07) is 7.72. The summed E-state index contributed by atoms with van der Waals surface area (Å²) >= 11 is 0. The normalized spacial score (nSPS) is 11.5. The van der Waals surface area contributed by atoms with Crippen LogP contribution in [-0.2, 0) is 12.6 Å². The van der Waals surface area contributed by atoms with Crippen molar-refractivity contribution in [2.75, 3.05) is 18.6 Å². The summed E-state index contributed by atoms with van der Waals surface area (Å²) in [4.78, 5) is 9.59. The number of nitrogens with zero attached hydrogens (tertiary/aromatic N) is 3. The van der Waals surface area contributed by atoms with Crippen LogP contribution in [0.25, 0.3) is 0 Å². The van der Waals surface area contributed by atoms with Crippen LogP contribution in [0.1, 0.15) is 44.2 Å². The summed E-state index contributed by atoms with van der Waals surface area (Å²) in [5.41, 5.74) is 0.979. The first kappa shape index (κ1) is 20.0. The van der Waals surface area contributed by atoms with Gasteiger partial charge in [-0.3, -0.25) is 0 Å². The maximum atomic E-state index is 13.2. The molecule has 0 amide bonds. The quantitative estimate of drug-likeness (QED) is 0.586. The number of anilines is 2. The van der Waals surface area contributed by atoms with E-state index in [0.29, 0.717) is 6.42 Å². The molecule has 0 aliphatic heterocycles. The van der Waals surface area contributed by atoms with Crippen LogP contribution in [0.3, 0.4) is 0 Å². The van der Waals surface area contributed by atoms with Crippen molar-refractivity contribution in [1.82, 2.24) is 9.97 Å². The molecule has 0 fully saturated rings. The molecule has 0 radical (unpaired) electrons. The van der Waals surface area contributed by atoms with E-state index in [0.717, 1.165) is 36.7 Å². The minimum absolute atomic E-state index is 0.164. The van der Waals surface area contributed by atoms with E-state index in [-0.39, 0.29) is 12.6 Å². The fourth-order valence-electron chi connectivity index (χ4n) is 2.44. The highest BCUT2D eigenvalue weighted by atomic mass is 19.4. The minimum atomic E-state index is -4.56. The van der Waals surface area contributed by atoms with E-state index < -0.39 is 17.6 Å². The van der Waals surface area contributed by atoms with Gasteiger partial charge in [0.15, 0.2) is 0 Å². The van der Waals surface area contributed by atoms with Crippen LogP contribution in [0.15, 0.2) is 30.5 Å². The Balaban J connectivity index is 2.30. The zero-order valence-corrected chi connectivity index (χ0v) is 15.3. The number of aryl methyl sites for hydroxylation is 1. The maximum absolute atomic E-state index is 13.2. The van der Waals surface area contributed by atoms with Gasteiger partial charge in [0.25, 0.3) is 0 Å². The summed E-state index contributed by atoms with van der Waals surface area (Å²) in [6.07, 6.45) is -0.371. The molecule has 1 aromatic heterocycles. The molecule has 0 saturated carbocycles. The molecule has 0 atom stereocenters. The third kappa shape index (κ3) is 5.09. The topological polar surface area (TPSA) is 38.2 Å². The van der Waals surface area contributed by atoms with Gasteiger partial charge in [-0.2, -0.15) is 18.2 Å². The molecule has 2 aromatic rings. The average molecular weight is 367 g/mol. The standard InChI is InChI=1S/C19H24F3N3O/c1-4-6-7-11-26-17-16(19(20,21)22)13-23-18(24-17)25(3)15-10-8-9-14(5-2)12-15/h8-10,12-13H,4-7,11H2,1-3H3. The molecular weight excluding hydrogens is 343 g/mol. The molecule has 0 unspecified atom stereocenters. The lowest BCUT2D eigenvalue weighted by Crippen LogP contribution is -2.17.